The lowest BCUT2D eigenvalue weighted by atomic mass is 10.0. The molecule has 0 saturated carbocycles. The molecule has 14 heteroatoms. The SMILES string of the molecule is CCOC(=O)C1=C(C)N=c2s/c(=C\c3ccc(-c4cccc([N+](=O)[O-])c4)o3)c(=O)n2[C@H]1c1ccc(-c2cc([N+](=O)[O-])ccc2C)o1. The van der Waals surface area contributed by atoms with Crippen LogP contribution in [0.25, 0.3) is 28.7 Å². The minimum absolute atomic E-state index is 0.0849. The number of furan rings is 2. The second-order valence-corrected chi connectivity index (χ2v) is 11.3. The molecular weight excluding hydrogens is 616 g/mol. The van der Waals surface area contributed by atoms with Crippen LogP contribution in [0.4, 0.5) is 11.4 Å². The first-order chi connectivity index (χ1) is 22.0. The summed E-state index contributed by atoms with van der Waals surface area (Å²) in [5.41, 5.74) is 1.51. The first-order valence-corrected chi connectivity index (χ1v) is 14.8. The molecule has 0 spiro atoms. The minimum atomic E-state index is -1.04. The Balaban J connectivity index is 1.46. The topological polar surface area (TPSA) is 173 Å². The van der Waals surface area contributed by atoms with Crippen LogP contribution in [0.5, 0.6) is 0 Å². The van der Waals surface area contributed by atoms with E-state index in [0.29, 0.717) is 38.9 Å². The van der Waals surface area contributed by atoms with Gasteiger partial charge in [0.1, 0.15) is 29.1 Å². The van der Waals surface area contributed by atoms with Crippen molar-refractivity contribution in [2.45, 2.75) is 26.8 Å². The highest BCUT2D eigenvalue weighted by molar-refractivity contribution is 7.07. The van der Waals surface area contributed by atoms with E-state index in [1.165, 1.54) is 34.9 Å². The van der Waals surface area contributed by atoms with Gasteiger partial charge < -0.3 is 13.6 Å². The van der Waals surface area contributed by atoms with E-state index >= 15 is 0 Å². The number of aryl methyl sites for hydroxylation is 1. The lowest BCUT2D eigenvalue weighted by Gasteiger charge is -2.22. The molecule has 5 aromatic rings. The van der Waals surface area contributed by atoms with E-state index in [0.717, 1.165) is 16.9 Å². The number of non-ortho nitro benzene ring substituents is 2. The van der Waals surface area contributed by atoms with Gasteiger partial charge in [-0.05, 0) is 50.6 Å². The highest BCUT2D eigenvalue weighted by atomic mass is 32.1. The van der Waals surface area contributed by atoms with E-state index in [1.54, 1.807) is 63.2 Å². The molecule has 4 heterocycles. The molecule has 0 amide bonds. The van der Waals surface area contributed by atoms with Gasteiger partial charge in [0, 0.05) is 41.5 Å². The first kappa shape index (κ1) is 30.1. The van der Waals surface area contributed by atoms with Crippen molar-refractivity contribution < 1.29 is 28.2 Å². The fourth-order valence-corrected chi connectivity index (χ4v) is 6.21. The summed E-state index contributed by atoms with van der Waals surface area (Å²) in [5.74, 6) is 0.587. The molecule has 1 aliphatic heterocycles. The Morgan fingerprint density at radius 2 is 1.74 bits per heavy atom. The molecule has 13 nitrogen and oxygen atoms in total. The Morgan fingerprint density at radius 3 is 2.48 bits per heavy atom. The maximum atomic E-state index is 14.0. The van der Waals surface area contributed by atoms with Crippen molar-refractivity contribution in [3.8, 4) is 22.6 Å². The third-order valence-electron chi connectivity index (χ3n) is 7.35. The van der Waals surface area contributed by atoms with Crippen LogP contribution in [0.2, 0.25) is 0 Å². The van der Waals surface area contributed by atoms with Crippen molar-refractivity contribution in [2.24, 2.45) is 4.99 Å². The number of carbonyl (C=O) groups is 1. The van der Waals surface area contributed by atoms with Crippen LogP contribution in [0, 0.1) is 27.2 Å². The van der Waals surface area contributed by atoms with Gasteiger partial charge in [0.15, 0.2) is 4.80 Å². The average Bonchev–Trinajstić information content (AvgIpc) is 3.77. The fourth-order valence-electron chi connectivity index (χ4n) is 5.18. The molecule has 0 bridgehead atoms. The normalized spacial score (nSPS) is 14.6. The standard InChI is InChI=1S/C32H24N4O9S/c1-4-43-31(38)28-18(3)33-32-34(29(28)26-13-12-25(45-26)23-15-21(36(41)42)9-8-17(23)2)30(37)27(46-32)16-22-10-11-24(44-22)19-6-5-7-20(14-19)35(39)40/h5-16,29H,4H2,1-3H3/b27-16-/t29-/m0/s1. The quantitative estimate of drug-likeness (QED) is 0.121. The molecule has 6 rings (SSSR count). The van der Waals surface area contributed by atoms with E-state index in [9.17, 15) is 29.8 Å². The number of thiazole rings is 1. The Kier molecular flexibility index (Phi) is 7.79. The van der Waals surface area contributed by atoms with Gasteiger partial charge in [-0.2, -0.15) is 0 Å². The predicted octanol–water partition coefficient (Wildman–Crippen LogP) is 5.44. The number of rotatable bonds is 8. The molecular formula is C32H24N4O9S. The minimum Gasteiger partial charge on any atom is -0.463 e. The van der Waals surface area contributed by atoms with Crippen molar-refractivity contribution in [1.29, 1.82) is 0 Å². The van der Waals surface area contributed by atoms with Crippen molar-refractivity contribution in [2.75, 3.05) is 6.61 Å². The summed E-state index contributed by atoms with van der Waals surface area (Å²) in [6.45, 7) is 5.19. The van der Waals surface area contributed by atoms with Crippen molar-refractivity contribution in [3.63, 3.8) is 0 Å². The summed E-state index contributed by atoms with van der Waals surface area (Å²) in [4.78, 5) is 53.7. The van der Waals surface area contributed by atoms with Gasteiger partial charge in [0.25, 0.3) is 16.9 Å². The molecule has 0 unspecified atom stereocenters. The maximum Gasteiger partial charge on any atom is 0.338 e. The lowest BCUT2D eigenvalue weighted by Crippen LogP contribution is -2.39. The zero-order valence-corrected chi connectivity index (χ0v) is 25.4. The number of benzene rings is 2. The van der Waals surface area contributed by atoms with Crippen LogP contribution in [0.1, 0.15) is 37.0 Å². The van der Waals surface area contributed by atoms with Crippen LogP contribution < -0.4 is 14.9 Å². The molecule has 0 saturated heterocycles. The zero-order chi connectivity index (χ0) is 32.7. The number of nitro groups is 2. The third kappa shape index (κ3) is 5.45. The number of nitrogens with zero attached hydrogens (tertiary/aromatic N) is 4. The predicted molar refractivity (Wildman–Crippen MR) is 167 cm³/mol. The number of hydrogen-bond acceptors (Lipinski definition) is 11. The maximum absolute atomic E-state index is 14.0. The van der Waals surface area contributed by atoms with Gasteiger partial charge in [0.2, 0.25) is 0 Å². The van der Waals surface area contributed by atoms with Crippen LogP contribution in [-0.2, 0) is 9.53 Å². The summed E-state index contributed by atoms with van der Waals surface area (Å²) in [7, 11) is 0. The van der Waals surface area contributed by atoms with E-state index in [1.807, 2.05) is 0 Å². The van der Waals surface area contributed by atoms with Gasteiger partial charge in [0.05, 0.1) is 32.3 Å². The number of esters is 1. The number of hydrogen-bond donors (Lipinski definition) is 0. The molecule has 0 fully saturated rings. The summed E-state index contributed by atoms with van der Waals surface area (Å²) < 4.78 is 19.1. The molecule has 0 N–H and O–H groups in total. The number of aromatic nitrogens is 1. The van der Waals surface area contributed by atoms with Gasteiger partial charge in [-0.3, -0.25) is 29.6 Å². The summed E-state index contributed by atoms with van der Waals surface area (Å²) in [6, 6.07) is 15.9. The Hall–Kier alpha value is -5.89. The Labute approximate surface area is 263 Å². The van der Waals surface area contributed by atoms with Crippen molar-refractivity contribution in [3.05, 3.63) is 135 Å². The first-order valence-electron chi connectivity index (χ1n) is 13.9. The second kappa shape index (κ2) is 11.9. The monoisotopic (exact) mass is 640 g/mol. The molecule has 3 aromatic heterocycles. The summed E-state index contributed by atoms with van der Waals surface area (Å²) in [5, 5.41) is 22.6. The largest absolute Gasteiger partial charge is 0.463 e. The summed E-state index contributed by atoms with van der Waals surface area (Å²) in [6.07, 6.45) is 1.53. The highest BCUT2D eigenvalue weighted by Gasteiger charge is 2.35. The lowest BCUT2D eigenvalue weighted by molar-refractivity contribution is -0.385. The van der Waals surface area contributed by atoms with Gasteiger partial charge in [-0.1, -0.05) is 29.5 Å². The van der Waals surface area contributed by atoms with Crippen molar-refractivity contribution >= 4 is 34.8 Å². The molecule has 1 atom stereocenters. The number of allylic oxidation sites excluding steroid dienone is 1. The van der Waals surface area contributed by atoms with Gasteiger partial charge in [-0.15, -0.1) is 0 Å². The molecule has 1 aliphatic rings. The highest BCUT2D eigenvalue weighted by Crippen LogP contribution is 2.36. The molecule has 0 radical (unpaired) electrons. The van der Waals surface area contributed by atoms with Crippen LogP contribution >= 0.6 is 11.3 Å². The van der Waals surface area contributed by atoms with E-state index in [4.69, 9.17) is 13.6 Å². The smallest absolute Gasteiger partial charge is 0.338 e. The zero-order valence-electron chi connectivity index (χ0n) is 24.6. The van der Waals surface area contributed by atoms with Crippen molar-refractivity contribution in [1.82, 2.24) is 4.57 Å². The summed E-state index contributed by atoms with van der Waals surface area (Å²) >= 11 is 1.08. The number of ether oxygens (including phenoxy) is 1. The number of carbonyl (C=O) groups excluding carboxylic acids is 1. The Bertz CT molecular complexity index is 2270. The van der Waals surface area contributed by atoms with E-state index in [-0.39, 0.29) is 33.8 Å². The van der Waals surface area contributed by atoms with E-state index in [2.05, 4.69) is 4.99 Å². The molecule has 0 aliphatic carbocycles. The molecule has 2 aromatic carbocycles. The van der Waals surface area contributed by atoms with Crippen LogP contribution in [-0.4, -0.2) is 27.0 Å². The second-order valence-electron chi connectivity index (χ2n) is 10.3. The van der Waals surface area contributed by atoms with Crippen LogP contribution in [0.3, 0.4) is 0 Å². The van der Waals surface area contributed by atoms with E-state index < -0.39 is 27.4 Å². The fraction of sp³-hybridized carbons (Fsp3) is 0.156. The van der Waals surface area contributed by atoms with Crippen LogP contribution in [0.15, 0.2) is 96.6 Å². The van der Waals surface area contributed by atoms with Gasteiger partial charge in [-0.25, -0.2) is 9.79 Å². The molecule has 46 heavy (non-hydrogen) atoms. The number of nitro benzene ring substituents is 2. The Morgan fingerprint density at radius 1 is 1.00 bits per heavy atom. The average molecular weight is 641 g/mol. The van der Waals surface area contributed by atoms with Gasteiger partial charge >= 0.3 is 5.97 Å². The number of fused-ring (bicyclic) bond motifs is 1. The third-order valence-corrected chi connectivity index (χ3v) is 8.34. The molecule has 232 valence electrons.